The van der Waals surface area contributed by atoms with Crippen LogP contribution in [-0.2, 0) is 11.3 Å². The summed E-state index contributed by atoms with van der Waals surface area (Å²) in [6.07, 6.45) is 9.28. The number of aryl methyl sites for hydroxylation is 1. The minimum Gasteiger partial charge on any atom is -0.394 e. The molecule has 172 valence electrons. The molecule has 2 heterocycles. The van der Waals surface area contributed by atoms with E-state index in [-0.39, 0.29) is 24.7 Å². The molecule has 1 saturated heterocycles. The second-order valence-corrected chi connectivity index (χ2v) is 8.88. The Morgan fingerprint density at radius 3 is 2.66 bits per heavy atom. The summed E-state index contributed by atoms with van der Waals surface area (Å²) in [6, 6.07) is 1.79. The van der Waals surface area contributed by atoms with Gasteiger partial charge in [-0.1, -0.05) is 43.9 Å². The zero-order valence-electron chi connectivity index (χ0n) is 19.5. The Hall–Kier alpha value is -2.67. The highest BCUT2D eigenvalue weighted by atomic mass is 16.6. The Labute approximate surface area is 191 Å². The first kappa shape index (κ1) is 24.0. The highest BCUT2D eigenvalue weighted by Crippen LogP contribution is 2.27. The molecule has 0 spiro atoms. The predicted molar refractivity (Wildman–Crippen MR) is 130 cm³/mol. The summed E-state index contributed by atoms with van der Waals surface area (Å²) < 4.78 is 7.65. The molecule has 1 aromatic heterocycles. The molecule has 0 amide bonds. The number of aromatic nitrogens is 1. The van der Waals surface area contributed by atoms with Crippen molar-refractivity contribution >= 4 is 11.4 Å². The van der Waals surface area contributed by atoms with E-state index < -0.39 is 6.29 Å². The zero-order chi connectivity index (χ0) is 23.4. The van der Waals surface area contributed by atoms with Gasteiger partial charge in [0.15, 0.2) is 6.29 Å². The normalized spacial score (nSPS) is 26.4. The van der Waals surface area contributed by atoms with Crippen LogP contribution in [-0.4, -0.2) is 45.5 Å². The standard InChI is InChI=1S/C26H35N3O3/c1-16(2)24(28-23-10-8-7-9-17(23)3)14-29-13-21(12-19(29)5)20(6)27-25-18(4)11-22(15-30)32-26(25)31/h7-10,12-13,18,22,25-27,30-31H,3,6,11,14-15H2,1-2,4-5H3/t18?,22?,25-,26?/m1/s1. The highest BCUT2D eigenvalue weighted by Gasteiger charge is 2.35. The zero-order valence-corrected chi connectivity index (χ0v) is 19.5. The number of nitrogens with one attached hydrogen (secondary N) is 1. The minimum absolute atomic E-state index is 0.0899. The van der Waals surface area contributed by atoms with Crippen LogP contribution in [0.3, 0.4) is 0 Å². The van der Waals surface area contributed by atoms with Crippen molar-refractivity contribution in [2.45, 2.75) is 59.1 Å². The first-order valence-electron chi connectivity index (χ1n) is 11.1. The van der Waals surface area contributed by atoms with Crippen molar-refractivity contribution < 1.29 is 14.9 Å². The molecule has 6 heteroatoms. The van der Waals surface area contributed by atoms with Gasteiger partial charge >= 0.3 is 0 Å². The Balaban J connectivity index is 1.74. The summed E-state index contributed by atoms with van der Waals surface area (Å²) in [5, 5.41) is 23.0. The number of allylic oxidation sites excluding steroid dienone is 7. The van der Waals surface area contributed by atoms with E-state index in [0.717, 1.165) is 39.5 Å². The number of rotatable bonds is 7. The van der Waals surface area contributed by atoms with Gasteiger partial charge in [0, 0.05) is 23.2 Å². The maximum atomic E-state index is 10.4. The van der Waals surface area contributed by atoms with Crippen LogP contribution in [0.5, 0.6) is 0 Å². The van der Waals surface area contributed by atoms with E-state index in [0.29, 0.717) is 13.0 Å². The Bertz CT molecular complexity index is 980. The molecule has 0 saturated carbocycles. The molecule has 1 aliphatic carbocycles. The maximum absolute atomic E-state index is 10.4. The quantitative estimate of drug-likeness (QED) is 0.605. The minimum atomic E-state index is -0.991. The smallest absolute Gasteiger partial charge is 0.175 e. The first-order valence-corrected chi connectivity index (χ1v) is 11.1. The Morgan fingerprint density at radius 1 is 1.31 bits per heavy atom. The van der Waals surface area contributed by atoms with Crippen molar-refractivity contribution in [3.05, 3.63) is 77.8 Å². The van der Waals surface area contributed by atoms with Crippen molar-refractivity contribution in [3.63, 3.8) is 0 Å². The monoisotopic (exact) mass is 437 g/mol. The average Bonchev–Trinajstić information content (AvgIpc) is 3.11. The fraction of sp³-hybridized carbons (Fsp3) is 0.423. The number of ether oxygens (including phenoxy) is 1. The van der Waals surface area contributed by atoms with E-state index >= 15 is 0 Å². The van der Waals surface area contributed by atoms with Crippen molar-refractivity contribution in [2.24, 2.45) is 10.9 Å². The summed E-state index contributed by atoms with van der Waals surface area (Å²) >= 11 is 0. The third kappa shape index (κ3) is 5.57. The molecule has 3 N–H and O–H groups in total. The average molecular weight is 438 g/mol. The van der Waals surface area contributed by atoms with Crippen LogP contribution in [0.2, 0.25) is 0 Å². The van der Waals surface area contributed by atoms with Crippen molar-refractivity contribution in [1.82, 2.24) is 9.88 Å². The topological polar surface area (TPSA) is 79.0 Å². The molecule has 1 fully saturated rings. The Morgan fingerprint density at radius 2 is 2.03 bits per heavy atom. The molecule has 6 nitrogen and oxygen atoms in total. The molecule has 4 atom stereocenters. The van der Waals surface area contributed by atoms with Gasteiger partial charge in [0.05, 0.1) is 36.7 Å². The molecule has 1 aromatic rings. The van der Waals surface area contributed by atoms with Crippen LogP contribution >= 0.6 is 0 Å². The van der Waals surface area contributed by atoms with Crippen LogP contribution in [0.4, 0.5) is 0 Å². The van der Waals surface area contributed by atoms with Gasteiger partial charge in [-0.3, -0.25) is 4.99 Å². The number of aliphatic imine (C=N–C) groups is 1. The second-order valence-electron chi connectivity index (χ2n) is 8.88. The van der Waals surface area contributed by atoms with Gasteiger partial charge in [0.25, 0.3) is 0 Å². The molecule has 3 unspecified atom stereocenters. The fourth-order valence-electron chi connectivity index (χ4n) is 3.98. The number of aliphatic hydroxyl groups excluding tert-OH is 2. The van der Waals surface area contributed by atoms with Crippen LogP contribution in [0.25, 0.3) is 5.70 Å². The number of hydrogen-bond donors (Lipinski definition) is 3. The van der Waals surface area contributed by atoms with Crippen LogP contribution < -0.4 is 5.32 Å². The van der Waals surface area contributed by atoms with Crippen molar-refractivity contribution in [2.75, 3.05) is 6.61 Å². The van der Waals surface area contributed by atoms with Gasteiger partial charge in [-0.05, 0) is 50.8 Å². The number of nitrogens with zero attached hydrogens (tertiary/aromatic N) is 2. The maximum Gasteiger partial charge on any atom is 0.175 e. The summed E-state index contributed by atoms with van der Waals surface area (Å²) in [5.74, 6) is 0.134. The van der Waals surface area contributed by atoms with Crippen LogP contribution in [0.15, 0.2) is 71.6 Å². The van der Waals surface area contributed by atoms with Gasteiger partial charge in [0.1, 0.15) is 0 Å². The molecule has 0 radical (unpaired) electrons. The molecular weight excluding hydrogens is 402 g/mol. The van der Waals surface area contributed by atoms with Gasteiger partial charge in [-0.15, -0.1) is 0 Å². The van der Waals surface area contributed by atoms with E-state index in [4.69, 9.17) is 9.73 Å². The SMILES string of the molecule is C=C1C=CC=CC1=NC(Cn1cc(C(=C)N[C@@H]2C(C)CC(CO)OC2O)cc1C)=C(C)C. The van der Waals surface area contributed by atoms with E-state index in [1.165, 1.54) is 0 Å². The van der Waals surface area contributed by atoms with Gasteiger partial charge in [-0.25, -0.2) is 0 Å². The van der Waals surface area contributed by atoms with E-state index in [1.807, 2.05) is 31.2 Å². The lowest BCUT2D eigenvalue weighted by Crippen LogP contribution is -2.51. The van der Waals surface area contributed by atoms with Crippen molar-refractivity contribution in [1.29, 1.82) is 0 Å². The first-order chi connectivity index (χ1) is 15.2. The number of hydrogen-bond acceptors (Lipinski definition) is 5. The molecule has 0 bridgehead atoms. The summed E-state index contributed by atoms with van der Waals surface area (Å²) in [7, 11) is 0. The lowest BCUT2D eigenvalue weighted by atomic mass is 9.91. The largest absolute Gasteiger partial charge is 0.394 e. The van der Waals surface area contributed by atoms with Crippen molar-refractivity contribution in [3.8, 4) is 0 Å². The summed E-state index contributed by atoms with van der Waals surface area (Å²) in [6.45, 7) is 17.0. The van der Waals surface area contributed by atoms with Crippen LogP contribution in [0.1, 0.15) is 38.4 Å². The lowest BCUT2D eigenvalue weighted by Gasteiger charge is -2.38. The molecule has 0 aromatic carbocycles. The van der Waals surface area contributed by atoms with E-state index in [2.05, 4.69) is 56.1 Å². The Kier molecular flexibility index (Phi) is 7.72. The molecule has 2 aliphatic rings. The van der Waals surface area contributed by atoms with E-state index in [9.17, 15) is 10.2 Å². The number of aliphatic hydroxyl groups is 2. The highest BCUT2D eigenvalue weighted by molar-refractivity contribution is 6.11. The summed E-state index contributed by atoms with van der Waals surface area (Å²) in [4.78, 5) is 4.86. The van der Waals surface area contributed by atoms with Crippen LogP contribution in [0, 0.1) is 12.8 Å². The second kappa shape index (κ2) is 10.3. The lowest BCUT2D eigenvalue weighted by molar-refractivity contribution is -0.198. The van der Waals surface area contributed by atoms with E-state index in [1.54, 1.807) is 0 Å². The summed E-state index contributed by atoms with van der Waals surface area (Å²) in [5.41, 5.74) is 6.69. The third-order valence-corrected chi connectivity index (χ3v) is 6.04. The van der Waals surface area contributed by atoms with Gasteiger partial charge in [0.2, 0.25) is 0 Å². The molecule has 1 aliphatic heterocycles. The third-order valence-electron chi connectivity index (χ3n) is 6.04. The van der Waals surface area contributed by atoms with Gasteiger partial charge < -0.3 is 24.8 Å². The molecule has 32 heavy (non-hydrogen) atoms. The fourth-order valence-corrected chi connectivity index (χ4v) is 3.98. The molecule has 3 rings (SSSR count). The predicted octanol–water partition coefficient (Wildman–Crippen LogP) is 3.88. The molecular formula is C26H35N3O3. The van der Waals surface area contributed by atoms with Gasteiger partial charge in [-0.2, -0.15) is 0 Å².